The molecular formula is C23H23NO4. The van der Waals surface area contributed by atoms with Crippen molar-refractivity contribution in [2.45, 2.75) is 33.2 Å². The van der Waals surface area contributed by atoms with Gasteiger partial charge in [-0.1, -0.05) is 13.8 Å². The van der Waals surface area contributed by atoms with E-state index in [4.69, 9.17) is 9.15 Å². The highest BCUT2D eigenvalue weighted by Crippen LogP contribution is 2.40. The summed E-state index contributed by atoms with van der Waals surface area (Å²) in [5.41, 5.74) is 4.69. The standard InChI is InChI=1S/C23H23NO4/c1-13(2)19-9-15-8-17(22-6-5-7-28-22)18(23(26)27-4)10-16(15)20-11-21(25)14(3)12-24(19)20/h5-8,10-13,19H,9H2,1-4H3. The van der Waals surface area contributed by atoms with Crippen LogP contribution in [0.15, 0.2) is 52.0 Å². The molecule has 0 spiro atoms. The minimum atomic E-state index is -0.429. The molecule has 144 valence electrons. The SMILES string of the molecule is COC(=O)c1cc2c(cc1-c1ccco1)CC(C(C)C)n1cc(C)c(=O)cc1-2. The monoisotopic (exact) mass is 377 g/mol. The molecule has 5 nitrogen and oxygen atoms in total. The summed E-state index contributed by atoms with van der Waals surface area (Å²) >= 11 is 0. The van der Waals surface area contributed by atoms with E-state index in [0.717, 1.165) is 28.8 Å². The van der Waals surface area contributed by atoms with Crippen molar-refractivity contribution in [1.82, 2.24) is 4.57 Å². The Bertz CT molecular complexity index is 1110. The second-order valence-electron chi connectivity index (χ2n) is 7.65. The van der Waals surface area contributed by atoms with Gasteiger partial charge >= 0.3 is 5.97 Å². The van der Waals surface area contributed by atoms with Crippen molar-refractivity contribution in [3.05, 3.63) is 69.7 Å². The number of nitrogens with zero attached hydrogens (tertiary/aromatic N) is 1. The van der Waals surface area contributed by atoms with Gasteiger partial charge in [-0.25, -0.2) is 4.79 Å². The molecule has 0 amide bonds. The van der Waals surface area contributed by atoms with Gasteiger partial charge in [-0.05, 0) is 49.1 Å². The van der Waals surface area contributed by atoms with E-state index in [9.17, 15) is 9.59 Å². The highest BCUT2D eigenvalue weighted by Gasteiger charge is 2.29. The third-order valence-corrected chi connectivity index (χ3v) is 5.53. The van der Waals surface area contributed by atoms with Crippen molar-refractivity contribution in [1.29, 1.82) is 0 Å². The third kappa shape index (κ3) is 2.87. The molecular weight excluding hydrogens is 354 g/mol. The average molecular weight is 377 g/mol. The lowest BCUT2D eigenvalue weighted by Gasteiger charge is -2.34. The maximum absolute atomic E-state index is 12.5. The zero-order valence-electron chi connectivity index (χ0n) is 16.5. The summed E-state index contributed by atoms with van der Waals surface area (Å²) in [6, 6.07) is 9.37. The number of aromatic nitrogens is 1. The number of carbonyl (C=O) groups is 1. The number of carbonyl (C=O) groups excluding carboxylic acids is 1. The normalized spacial score (nSPS) is 15.2. The highest BCUT2D eigenvalue weighted by atomic mass is 16.5. The fourth-order valence-electron chi connectivity index (χ4n) is 3.99. The zero-order valence-corrected chi connectivity index (χ0v) is 16.5. The third-order valence-electron chi connectivity index (χ3n) is 5.53. The first kappa shape index (κ1) is 18.3. The van der Waals surface area contributed by atoms with Gasteiger partial charge in [0.05, 0.1) is 24.6 Å². The first-order valence-corrected chi connectivity index (χ1v) is 9.43. The molecule has 28 heavy (non-hydrogen) atoms. The molecule has 0 aliphatic carbocycles. The molecule has 0 saturated carbocycles. The van der Waals surface area contributed by atoms with Crippen molar-refractivity contribution in [2.24, 2.45) is 5.92 Å². The van der Waals surface area contributed by atoms with Crippen LogP contribution in [0, 0.1) is 12.8 Å². The lowest BCUT2D eigenvalue weighted by Crippen LogP contribution is -2.26. The zero-order chi connectivity index (χ0) is 20.0. The van der Waals surface area contributed by atoms with Crippen molar-refractivity contribution in [3.8, 4) is 22.6 Å². The fourth-order valence-corrected chi connectivity index (χ4v) is 3.99. The summed E-state index contributed by atoms with van der Waals surface area (Å²) in [5, 5.41) is 0. The topological polar surface area (TPSA) is 61.4 Å². The van der Waals surface area contributed by atoms with Crippen LogP contribution in [-0.2, 0) is 11.2 Å². The van der Waals surface area contributed by atoms with E-state index in [1.807, 2.05) is 31.3 Å². The van der Waals surface area contributed by atoms with Crippen LogP contribution in [-0.4, -0.2) is 17.6 Å². The van der Waals surface area contributed by atoms with E-state index >= 15 is 0 Å². The van der Waals surface area contributed by atoms with Crippen LogP contribution < -0.4 is 5.43 Å². The van der Waals surface area contributed by atoms with Crippen LogP contribution in [0.1, 0.15) is 41.4 Å². The largest absolute Gasteiger partial charge is 0.465 e. The number of aryl methyl sites for hydroxylation is 1. The molecule has 1 aliphatic rings. The van der Waals surface area contributed by atoms with E-state index in [-0.39, 0.29) is 11.5 Å². The number of hydrogen-bond donors (Lipinski definition) is 0. The fraction of sp³-hybridized carbons (Fsp3) is 0.304. The van der Waals surface area contributed by atoms with Crippen LogP contribution >= 0.6 is 0 Å². The molecule has 3 heterocycles. The van der Waals surface area contributed by atoms with Crippen LogP contribution in [0.5, 0.6) is 0 Å². The van der Waals surface area contributed by atoms with Gasteiger partial charge in [0.25, 0.3) is 0 Å². The average Bonchev–Trinajstić information content (AvgIpc) is 3.21. The Balaban J connectivity index is 2.02. The number of esters is 1. The Morgan fingerprint density at radius 2 is 2.04 bits per heavy atom. The second kappa shape index (κ2) is 6.82. The molecule has 0 bridgehead atoms. The van der Waals surface area contributed by atoms with Gasteiger partial charge < -0.3 is 13.7 Å². The van der Waals surface area contributed by atoms with Crippen molar-refractivity contribution >= 4 is 5.97 Å². The Kier molecular flexibility index (Phi) is 4.46. The number of methoxy groups -OCH3 is 1. The molecule has 1 unspecified atom stereocenters. The molecule has 0 fully saturated rings. The predicted molar refractivity (Wildman–Crippen MR) is 107 cm³/mol. The quantitative estimate of drug-likeness (QED) is 0.625. The smallest absolute Gasteiger partial charge is 0.338 e. The molecule has 1 aromatic carbocycles. The maximum atomic E-state index is 12.5. The van der Waals surface area contributed by atoms with E-state index in [1.165, 1.54) is 7.11 Å². The molecule has 0 N–H and O–H groups in total. The molecule has 1 atom stereocenters. The number of pyridine rings is 1. The van der Waals surface area contributed by atoms with Crippen molar-refractivity contribution in [3.63, 3.8) is 0 Å². The van der Waals surface area contributed by atoms with E-state index in [1.54, 1.807) is 18.4 Å². The lowest BCUT2D eigenvalue weighted by atomic mass is 9.84. The molecule has 2 aromatic heterocycles. The first-order chi connectivity index (χ1) is 13.4. The van der Waals surface area contributed by atoms with Crippen LogP contribution in [0.4, 0.5) is 0 Å². The summed E-state index contributed by atoms with van der Waals surface area (Å²) < 4.78 is 12.7. The first-order valence-electron chi connectivity index (χ1n) is 9.43. The van der Waals surface area contributed by atoms with Crippen LogP contribution in [0.3, 0.4) is 0 Å². The number of fused-ring (bicyclic) bond motifs is 3. The molecule has 0 saturated heterocycles. The summed E-state index contributed by atoms with van der Waals surface area (Å²) in [4.78, 5) is 24.9. The van der Waals surface area contributed by atoms with Crippen LogP contribution in [0.2, 0.25) is 0 Å². The summed E-state index contributed by atoms with van der Waals surface area (Å²) in [5.74, 6) is 0.582. The molecule has 0 radical (unpaired) electrons. The molecule has 3 aromatic rings. The minimum Gasteiger partial charge on any atom is -0.465 e. The number of furan rings is 1. The number of ether oxygens (including phenoxy) is 1. The number of hydrogen-bond acceptors (Lipinski definition) is 4. The van der Waals surface area contributed by atoms with E-state index in [0.29, 0.717) is 22.8 Å². The molecule has 1 aliphatic heterocycles. The van der Waals surface area contributed by atoms with Crippen molar-refractivity contribution in [2.75, 3.05) is 7.11 Å². The second-order valence-corrected chi connectivity index (χ2v) is 7.65. The summed E-state index contributed by atoms with van der Waals surface area (Å²) in [7, 11) is 1.37. The Labute approximate surface area is 163 Å². The van der Waals surface area contributed by atoms with Gasteiger partial charge in [0.2, 0.25) is 0 Å². The summed E-state index contributed by atoms with van der Waals surface area (Å²) in [6.07, 6.45) is 4.34. The van der Waals surface area contributed by atoms with Crippen molar-refractivity contribution < 1.29 is 13.9 Å². The predicted octanol–water partition coefficient (Wildman–Crippen LogP) is 4.62. The van der Waals surface area contributed by atoms with Gasteiger partial charge in [-0.3, -0.25) is 4.79 Å². The van der Waals surface area contributed by atoms with Gasteiger partial charge in [-0.2, -0.15) is 0 Å². The lowest BCUT2D eigenvalue weighted by molar-refractivity contribution is 0.0601. The minimum absolute atomic E-state index is 0.00339. The Morgan fingerprint density at radius 1 is 1.25 bits per heavy atom. The van der Waals surface area contributed by atoms with Gasteiger partial charge in [-0.15, -0.1) is 0 Å². The van der Waals surface area contributed by atoms with Gasteiger partial charge in [0.15, 0.2) is 5.43 Å². The number of benzene rings is 1. The van der Waals surface area contributed by atoms with Gasteiger partial charge in [0.1, 0.15) is 5.76 Å². The van der Waals surface area contributed by atoms with Crippen LogP contribution in [0.25, 0.3) is 22.6 Å². The molecule has 5 heteroatoms. The Morgan fingerprint density at radius 3 is 2.68 bits per heavy atom. The van der Waals surface area contributed by atoms with E-state index < -0.39 is 5.97 Å². The maximum Gasteiger partial charge on any atom is 0.338 e. The van der Waals surface area contributed by atoms with Gasteiger partial charge in [0, 0.05) is 35.0 Å². The molecule has 4 rings (SSSR count). The summed E-state index contributed by atoms with van der Waals surface area (Å²) in [6.45, 7) is 6.20. The Hall–Kier alpha value is -3.08. The van der Waals surface area contributed by atoms with E-state index in [2.05, 4.69) is 18.4 Å². The number of rotatable bonds is 3. The highest BCUT2D eigenvalue weighted by molar-refractivity contribution is 5.98.